The summed E-state index contributed by atoms with van der Waals surface area (Å²) in [4.78, 5) is 0. The number of aliphatic hydroxyl groups excluding tert-OH is 4. The zero-order valence-electron chi connectivity index (χ0n) is 6.37. The summed E-state index contributed by atoms with van der Waals surface area (Å²) in [5.41, 5.74) is 5.33. The molecule has 6 heteroatoms. The fraction of sp³-hybridized carbons (Fsp3) is 1.00. The van der Waals surface area contributed by atoms with E-state index in [4.69, 9.17) is 21.1 Å². The number of aliphatic hydroxyl groups is 4. The van der Waals surface area contributed by atoms with Crippen LogP contribution in [-0.2, 0) is 4.74 Å². The number of hydrogen-bond donors (Lipinski definition) is 5. The van der Waals surface area contributed by atoms with Crippen LogP contribution in [0.2, 0.25) is 0 Å². The molecule has 1 rings (SSSR count). The molecule has 0 amide bonds. The Balaban J connectivity index is 2.63. The van der Waals surface area contributed by atoms with Crippen LogP contribution >= 0.6 is 0 Å². The highest BCUT2D eigenvalue weighted by molar-refractivity contribution is 4.90. The molecule has 1 aliphatic heterocycles. The van der Waals surface area contributed by atoms with Crippen molar-refractivity contribution in [2.24, 2.45) is 5.73 Å². The average molecular weight is 179 g/mol. The molecule has 1 fully saturated rings. The Kier molecular flexibility index (Phi) is 2.99. The van der Waals surface area contributed by atoms with Gasteiger partial charge in [0, 0.05) is 0 Å². The SMILES string of the molecule is N[C@H]1[C@H](O)[C@@H](O)O[C@H](CO)[C@H]1O. The Morgan fingerprint density at radius 3 is 2.25 bits per heavy atom. The van der Waals surface area contributed by atoms with E-state index in [9.17, 15) is 5.11 Å². The maximum absolute atomic E-state index is 9.24. The topological polar surface area (TPSA) is 116 Å². The summed E-state index contributed by atoms with van der Waals surface area (Å²) in [5, 5.41) is 36.0. The summed E-state index contributed by atoms with van der Waals surface area (Å²) in [6, 6.07) is -0.995. The van der Waals surface area contributed by atoms with Crippen LogP contribution in [0.4, 0.5) is 0 Å². The van der Waals surface area contributed by atoms with E-state index in [-0.39, 0.29) is 0 Å². The summed E-state index contributed by atoms with van der Waals surface area (Å²) < 4.78 is 4.66. The molecule has 0 radical (unpaired) electrons. The van der Waals surface area contributed by atoms with Gasteiger partial charge in [0.05, 0.1) is 12.6 Å². The van der Waals surface area contributed by atoms with E-state index < -0.39 is 37.3 Å². The van der Waals surface area contributed by atoms with Crippen LogP contribution in [0.3, 0.4) is 0 Å². The van der Waals surface area contributed by atoms with Gasteiger partial charge in [-0.05, 0) is 0 Å². The third-order valence-corrected chi connectivity index (χ3v) is 1.96. The second-order valence-corrected chi connectivity index (χ2v) is 2.81. The highest BCUT2D eigenvalue weighted by atomic mass is 16.6. The van der Waals surface area contributed by atoms with E-state index in [1.54, 1.807) is 0 Å². The summed E-state index contributed by atoms with van der Waals surface area (Å²) in [5.74, 6) is 0. The molecule has 0 aliphatic carbocycles. The minimum absolute atomic E-state index is 0.446. The standard InChI is InChI=1S/C6H13NO5/c7-3-4(9)2(1-8)12-6(11)5(3)10/h2-6,8-11H,1,7H2/t2-,3-,4-,5+,6+/m1/s1. The van der Waals surface area contributed by atoms with Crippen molar-refractivity contribution in [1.29, 1.82) is 0 Å². The first-order valence-electron chi connectivity index (χ1n) is 3.64. The first-order chi connectivity index (χ1) is 5.57. The molecule has 12 heavy (non-hydrogen) atoms. The van der Waals surface area contributed by atoms with Gasteiger partial charge in [-0.1, -0.05) is 0 Å². The summed E-state index contributed by atoms with van der Waals surface area (Å²) >= 11 is 0. The van der Waals surface area contributed by atoms with Gasteiger partial charge in [-0.15, -0.1) is 0 Å². The molecule has 0 aromatic carbocycles. The molecule has 0 bridgehead atoms. The Labute approximate surface area is 69.2 Å². The average Bonchev–Trinajstić information content (AvgIpc) is 2.08. The first-order valence-corrected chi connectivity index (χ1v) is 3.64. The molecule has 6 nitrogen and oxygen atoms in total. The molecule has 1 aliphatic rings. The van der Waals surface area contributed by atoms with Gasteiger partial charge in [0.15, 0.2) is 6.29 Å². The summed E-state index contributed by atoms with van der Waals surface area (Å²) in [6.07, 6.45) is -4.85. The van der Waals surface area contributed by atoms with E-state index in [0.717, 1.165) is 0 Å². The van der Waals surface area contributed by atoms with Gasteiger partial charge in [0.25, 0.3) is 0 Å². The maximum Gasteiger partial charge on any atom is 0.183 e. The largest absolute Gasteiger partial charge is 0.394 e. The lowest BCUT2D eigenvalue weighted by Crippen LogP contribution is -2.62. The van der Waals surface area contributed by atoms with Gasteiger partial charge >= 0.3 is 0 Å². The molecule has 0 saturated carbocycles. The fourth-order valence-corrected chi connectivity index (χ4v) is 1.13. The molecule has 1 heterocycles. The van der Waals surface area contributed by atoms with Crippen molar-refractivity contribution < 1.29 is 25.2 Å². The lowest BCUT2D eigenvalue weighted by Gasteiger charge is -2.38. The highest BCUT2D eigenvalue weighted by Gasteiger charge is 2.41. The van der Waals surface area contributed by atoms with Gasteiger partial charge in [0.2, 0.25) is 0 Å². The lowest BCUT2D eigenvalue weighted by molar-refractivity contribution is -0.258. The quantitative estimate of drug-likeness (QED) is 0.288. The van der Waals surface area contributed by atoms with Crippen LogP contribution in [-0.4, -0.2) is 57.7 Å². The maximum atomic E-state index is 9.24. The van der Waals surface area contributed by atoms with Crippen LogP contribution < -0.4 is 5.73 Å². The third kappa shape index (κ3) is 1.58. The van der Waals surface area contributed by atoms with Crippen LogP contribution in [0.1, 0.15) is 0 Å². The minimum Gasteiger partial charge on any atom is -0.394 e. The first kappa shape index (κ1) is 9.85. The Morgan fingerprint density at radius 2 is 1.75 bits per heavy atom. The Morgan fingerprint density at radius 1 is 1.17 bits per heavy atom. The van der Waals surface area contributed by atoms with Gasteiger partial charge in [-0.3, -0.25) is 0 Å². The normalized spacial score (nSPS) is 49.2. The van der Waals surface area contributed by atoms with E-state index in [0.29, 0.717) is 0 Å². The molecule has 0 unspecified atom stereocenters. The molecule has 1 saturated heterocycles. The zero-order chi connectivity index (χ0) is 9.30. The van der Waals surface area contributed by atoms with Crippen molar-refractivity contribution in [3.63, 3.8) is 0 Å². The molecule has 0 aromatic heterocycles. The van der Waals surface area contributed by atoms with Gasteiger partial charge < -0.3 is 30.9 Å². The van der Waals surface area contributed by atoms with Crippen LogP contribution in [0, 0.1) is 0 Å². The van der Waals surface area contributed by atoms with Crippen molar-refractivity contribution >= 4 is 0 Å². The molecule has 5 atom stereocenters. The van der Waals surface area contributed by atoms with Gasteiger partial charge in [-0.25, -0.2) is 0 Å². The number of rotatable bonds is 1. The second kappa shape index (κ2) is 3.65. The molecule has 6 N–H and O–H groups in total. The Bertz CT molecular complexity index is 150. The van der Waals surface area contributed by atoms with Crippen molar-refractivity contribution in [2.75, 3.05) is 6.61 Å². The molecule has 0 aromatic rings. The smallest absolute Gasteiger partial charge is 0.183 e. The monoisotopic (exact) mass is 179 g/mol. The molecule has 0 spiro atoms. The lowest BCUT2D eigenvalue weighted by atomic mass is 9.97. The summed E-state index contributed by atoms with van der Waals surface area (Å²) in [6.45, 7) is -0.446. The summed E-state index contributed by atoms with van der Waals surface area (Å²) in [7, 11) is 0. The van der Waals surface area contributed by atoms with Gasteiger partial charge in [-0.2, -0.15) is 0 Å². The molecular weight excluding hydrogens is 166 g/mol. The van der Waals surface area contributed by atoms with Crippen molar-refractivity contribution in [3.8, 4) is 0 Å². The van der Waals surface area contributed by atoms with Crippen LogP contribution in [0.15, 0.2) is 0 Å². The number of hydrogen-bond acceptors (Lipinski definition) is 6. The second-order valence-electron chi connectivity index (χ2n) is 2.81. The van der Waals surface area contributed by atoms with Crippen molar-refractivity contribution in [3.05, 3.63) is 0 Å². The number of ether oxygens (including phenoxy) is 1. The van der Waals surface area contributed by atoms with Crippen molar-refractivity contribution in [1.82, 2.24) is 0 Å². The van der Waals surface area contributed by atoms with E-state index in [1.165, 1.54) is 0 Å². The predicted molar refractivity (Wildman–Crippen MR) is 38.0 cm³/mol. The van der Waals surface area contributed by atoms with E-state index in [1.807, 2.05) is 0 Å². The van der Waals surface area contributed by atoms with E-state index in [2.05, 4.69) is 4.74 Å². The molecule has 72 valence electrons. The number of nitrogens with two attached hydrogens (primary N) is 1. The van der Waals surface area contributed by atoms with Crippen LogP contribution in [0.25, 0.3) is 0 Å². The predicted octanol–water partition coefficient (Wildman–Crippen LogP) is -3.26. The van der Waals surface area contributed by atoms with E-state index >= 15 is 0 Å². The van der Waals surface area contributed by atoms with Crippen molar-refractivity contribution in [2.45, 2.75) is 30.6 Å². The fourth-order valence-electron chi connectivity index (χ4n) is 1.13. The highest BCUT2D eigenvalue weighted by Crippen LogP contribution is 2.17. The Hall–Kier alpha value is -0.240. The third-order valence-electron chi connectivity index (χ3n) is 1.96. The molecular formula is C6H13NO5. The minimum atomic E-state index is -1.44. The van der Waals surface area contributed by atoms with Gasteiger partial charge in [0.1, 0.15) is 18.3 Å². The van der Waals surface area contributed by atoms with Crippen LogP contribution in [0.5, 0.6) is 0 Å². The zero-order valence-corrected chi connectivity index (χ0v) is 6.37.